The van der Waals surface area contributed by atoms with Crippen LogP contribution < -0.4 is 5.73 Å². The maximum atomic E-state index is 5.55. The first-order valence-electron chi connectivity index (χ1n) is 5.12. The lowest BCUT2D eigenvalue weighted by atomic mass is 9.83. The Morgan fingerprint density at radius 1 is 1.57 bits per heavy atom. The number of thiazole rings is 1. The molecule has 1 aliphatic rings. The van der Waals surface area contributed by atoms with Gasteiger partial charge >= 0.3 is 0 Å². The zero-order valence-corrected chi connectivity index (χ0v) is 9.05. The maximum absolute atomic E-state index is 5.55. The van der Waals surface area contributed by atoms with E-state index in [0.29, 0.717) is 11.7 Å². The molecule has 0 amide bonds. The van der Waals surface area contributed by atoms with E-state index in [4.69, 9.17) is 10.5 Å². The van der Waals surface area contributed by atoms with Crippen molar-refractivity contribution in [2.75, 3.05) is 12.3 Å². The minimum absolute atomic E-state index is 0.627. The van der Waals surface area contributed by atoms with E-state index in [0.717, 1.165) is 17.4 Å². The van der Waals surface area contributed by atoms with Gasteiger partial charge in [-0.3, -0.25) is 0 Å². The number of nitrogens with zero attached hydrogens (tertiary/aromatic N) is 1. The molecule has 14 heavy (non-hydrogen) atoms. The Hall–Kier alpha value is -0.610. The second-order valence-corrected chi connectivity index (χ2v) is 4.95. The smallest absolute Gasteiger partial charge is 0.180 e. The fourth-order valence-electron chi connectivity index (χ4n) is 1.59. The van der Waals surface area contributed by atoms with E-state index in [2.05, 4.69) is 4.98 Å². The van der Waals surface area contributed by atoms with Crippen molar-refractivity contribution >= 4 is 16.5 Å². The average molecular weight is 212 g/mol. The minimum atomic E-state index is 0.627. The van der Waals surface area contributed by atoms with E-state index in [1.807, 2.05) is 0 Å². The van der Waals surface area contributed by atoms with Gasteiger partial charge in [-0.2, -0.15) is 0 Å². The molecule has 4 heteroatoms. The highest BCUT2D eigenvalue weighted by atomic mass is 32.1. The van der Waals surface area contributed by atoms with Crippen molar-refractivity contribution in [2.24, 2.45) is 5.92 Å². The van der Waals surface area contributed by atoms with Crippen LogP contribution in [0.3, 0.4) is 0 Å². The van der Waals surface area contributed by atoms with Gasteiger partial charge in [0.15, 0.2) is 5.13 Å². The Bertz CT molecular complexity index is 283. The van der Waals surface area contributed by atoms with Gasteiger partial charge in [-0.1, -0.05) is 30.6 Å². The molecule has 2 N–H and O–H groups in total. The van der Waals surface area contributed by atoms with Gasteiger partial charge in [0.2, 0.25) is 0 Å². The zero-order chi connectivity index (χ0) is 9.80. The first-order valence-corrected chi connectivity index (χ1v) is 5.94. The van der Waals surface area contributed by atoms with Crippen LogP contribution in [0, 0.1) is 5.92 Å². The van der Waals surface area contributed by atoms with E-state index in [1.165, 1.54) is 37.0 Å². The summed E-state index contributed by atoms with van der Waals surface area (Å²) < 4.78 is 5.55. The molecule has 2 rings (SSSR count). The average Bonchev–Trinajstić information content (AvgIpc) is 2.48. The molecule has 1 fully saturated rings. The summed E-state index contributed by atoms with van der Waals surface area (Å²) in [7, 11) is 0. The third-order valence-corrected chi connectivity index (χ3v) is 3.51. The standard InChI is InChI=1S/C10H16N2OS/c11-10-12-6-9(14-10)7-13-5-4-8-2-1-3-8/h6,8H,1-5,7H2,(H2,11,12). The highest BCUT2D eigenvalue weighted by Crippen LogP contribution is 2.29. The van der Waals surface area contributed by atoms with Gasteiger partial charge in [-0.15, -0.1) is 0 Å². The van der Waals surface area contributed by atoms with E-state index < -0.39 is 0 Å². The molecule has 0 bridgehead atoms. The quantitative estimate of drug-likeness (QED) is 0.763. The summed E-state index contributed by atoms with van der Waals surface area (Å²) >= 11 is 1.51. The summed E-state index contributed by atoms with van der Waals surface area (Å²) in [5.74, 6) is 0.932. The number of nitrogen functional groups attached to an aromatic ring is 1. The van der Waals surface area contributed by atoms with E-state index in [9.17, 15) is 0 Å². The summed E-state index contributed by atoms with van der Waals surface area (Å²) in [6.45, 7) is 1.55. The third kappa shape index (κ3) is 2.69. The summed E-state index contributed by atoms with van der Waals surface area (Å²) in [5.41, 5.74) is 5.51. The Balaban J connectivity index is 1.58. The van der Waals surface area contributed by atoms with Crippen molar-refractivity contribution in [3.63, 3.8) is 0 Å². The Labute approximate surface area is 88.3 Å². The SMILES string of the molecule is Nc1ncc(COCCC2CCC2)s1. The van der Waals surface area contributed by atoms with Crippen molar-refractivity contribution in [3.05, 3.63) is 11.1 Å². The molecule has 0 aliphatic heterocycles. The second-order valence-electron chi connectivity index (χ2n) is 3.80. The highest BCUT2D eigenvalue weighted by molar-refractivity contribution is 7.15. The van der Waals surface area contributed by atoms with Crippen molar-refractivity contribution in [2.45, 2.75) is 32.3 Å². The van der Waals surface area contributed by atoms with Crippen LogP contribution in [0.2, 0.25) is 0 Å². The summed E-state index contributed by atoms with van der Waals surface area (Å²) in [6.07, 6.45) is 7.22. The molecule has 1 saturated carbocycles. The molecule has 1 aromatic rings. The number of hydrogen-bond donors (Lipinski definition) is 1. The molecular formula is C10H16N2OS. The first kappa shape index (κ1) is 9.93. The van der Waals surface area contributed by atoms with Gasteiger partial charge in [-0.05, 0) is 12.3 Å². The van der Waals surface area contributed by atoms with Gasteiger partial charge in [0, 0.05) is 12.8 Å². The molecule has 0 unspecified atom stereocenters. The molecule has 78 valence electrons. The molecule has 0 saturated heterocycles. The van der Waals surface area contributed by atoms with Crippen molar-refractivity contribution in [1.82, 2.24) is 4.98 Å². The largest absolute Gasteiger partial charge is 0.376 e. The Morgan fingerprint density at radius 3 is 3.00 bits per heavy atom. The van der Waals surface area contributed by atoms with Crippen LogP contribution in [0.5, 0.6) is 0 Å². The van der Waals surface area contributed by atoms with Crippen molar-refractivity contribution in [3.8, 4) is 0 Å². The Kier molecular flexibility index (Phi) is 3.37. The zero-order valence-electron chi connectivity index (χ0n) is 8.24. The fourth-order valence-corrected chi connectivity index (χ4v) is 2.22. The van der Waals surface area contributed by atoms with Gasteiger partial charge in [-0.25, -0.2) is 4.98 Å². The summed E-state index contributed by atoms with van der Waals surface area (Å²) in [6, 6.07) is 0. The van der Waals surface area contributed by atoms with Gasteiger partial charge in [0.25, 0.3) is 0 Å². The molecule has 0 atom stereocenters. The van der Waals surface area contributed by atoms with Crippen LogP contribution in [0.4, 0.5) is 5.13 Å². The lowest BCUT2D eigenvalue weighted by molar-refractivity contribution is 0.0965. The van der Waals surface area contributed by atoms with Crippen LogP contribution >= 0.6 is 11.3 Å². The molecule has 0 spiro atoms. The lowest BCUT2D eigenvalue weighted by Gasteiger charge is -2.24. The Morgan fingerprint density at radius 2 is 2.43 bits per heavy atom. The van der Waals surface area contributed by atoms with E-state index in [-0.39, 0.29) is 0 Å². The van der Waals surface area contributed by atoms with E-state index >= 15 is 0 Å². The second kappa shape index (κ2) is 4.75. The molecule has 3 nitrogen and oxygen atoms in total. The first-order chi connectivity index (χ1) is 6.84. The van der Waals surface area contributed by atoms with Crippen LogP contribution in [0.25, 0.3) is 0 Å². The van der Waals surface area contributed by atoms with Gasteiger partial charge in [0.1, 0.15) is 0 Å². The molecular weight excluding hydrogens is 196 g/mol. The summed E-state index contributed by atoms with van der Waals surface area (Å²) in [5, 5.41) is 0.627. The van der Waals surface area contributed by atoms with Crippen molar-refractivity contribution < 1.29 is 4.74 Å². The lowest BCUT2D eigenvalue weighted by Crippen LogP contribution is -2.13. The van der Waals surface area contributed by atoms with Crippen LogP contribution in [0.15, 0.2) is 6.20 Å². The van der Waals surface area contributed by atoms with E-state index in [1.54, 1.807) is 6.20 Å². The predicted octanol–water partition coefficient (Wildman–Crippen LogP) is 2.43. The number of hydrogen-bond acceptors (Lipinski definition) is 4. The monoisotopic (exact) mass is 212 g/mol. The molecule has 1 aliphatic carbocycles. The number of ether oxygens (including phenoxy) is 1. The van der Waals surface area contributed by atoms with Gasteiger partial charge < -0.3 is 10.5 Å². The highest BCUT2D eigenvalue weighted by Gasteiger charge is 2.16. The molecule has 1 aromatic heterocycles. The minimum Gasteiger partial charge on any atom is -0.376 e. The van der Waals surface area contributed by atoms with Crippen LogP contribution in [-0.2, 0) is 11.3 Å². The molecule has 0 radical (unpaired) electrons. The normalized spacial score (nSPS) is 16.9. The fraction of sp³-hybridized carbons (Fsp3) is 0.700. The van der Waals surface area contributed by atoms with Gasteiger partial charge in [0.05, 0.1) is 11.5 Å². The van der Waals surface area contributed by atoms with Crippen LogP contribution in [0.1, 0.15) is 30.6 Å². The topological polar surface area (TPSA) is 48.1 Å². The van der Waals surface area contributed by atoms with Crippen molar-refractivity contribution in [1.29, 1.82) is 0 Å². The number of anilines is 1. The number of nitrogens with two attached hydrogens (primary N) is 1. The maximum Gasteiger partial charge on any atom is 0.180 e. The molecule has 1 heterocycles. The van der Waals surface area contributed by atoms with Crippen LogP contribution in [-0.4, -0.2) is 11.6 Å². The predicted molar refractivity (Wildman–Crippen MR) is 58.1 cm³/mol. The summed E-state index contributed by atoms with van der Waals surface area (Å²) in [4.78, 5) is 5.10. The number of rotatable bonds is 5. The number of aromatic nitrogens is 1. The third-order valence-electron chi connectivity index (χ3n) is 2.71. The molecule has 0 aromatic carbocycles.